The number of aryl methyl sites for hydroxylation is 2. The number of rotatable bonds is 7. The summed E-state index contributed by atoms with van der Waals surface area (Å²) in [7, 11) is 0. The van der Waals surface area contributed by atoms with Crippen LogP contribution in [0.1, 0.15) is 16.0 Å². The Morgan fingerprint density at radius 1 is 1.12 bits per heavy atom. The molecule has 0 aliphatic rings. The number of halogens is 1. The van der Waals surface area contributed by atoms with Crippen molar-refractivity contribution in [1.29, 1.82) is 5.26 Å². The van der Waals surface area contributed by atoms with Crippen LogP contribution in [-0.2, 0) is 4.79 Å². The first-order valence-corrected chi connectivity index (χ1v) is 12.4. The average molecular weight is 496 g/mol. The third-order valence-electron chi connectivity index (χ3n) is 4.70. The molecule has 0 saturated heterocycles. The van der Waals surface area contributed by atoms with Crippen molar-refractivity contribution in [3.05, 3.63) is 70.4 Å². The van der Waals surface area contributed by atoms with E-state index in [0.29, 0.717) is 25.6 Å². The minimum absolute atomic E-state index is 0.132. The molecule has 0 unspecified atom stereocenters. The molecule has 166 valence electrons. The van der Waals surface area contributed by atoms with Crippen molar-refractivity contribution < 1.29 is 9.18 Å². The summed E-state index contributed by atoms with van der Waals surface area (Å²) in [6.07, 6.45) is 0. The van der Waals surface area contributed by atoms with Crippen LogP contribution in [0.2, 0.25) is 0 Å². The number of nitrogens with zero attached hydrogens (tertiary/aromatic N) is 3. The maximum atomic E-state index is 13.3. The van der Waals surface area contributed by atoms with E-state index >= 15 is 0 Å². The highest BCUT2D eigenvalue weighted by molar-refractivity contribution is 8.01. The SMILES string of the molecule is Cc1ccccc1Nc1nnc(SCC(=O)Nc2sc(C)c(-c3ccc(F)cc3)c2C#N)s1. The Labute approximate surface area is 202 Å². The molecule has 6 nitrogen and oxygen atoms in total. The molecule has 0 aliphatic heterocycles. The molecule has 2 aromatic heterocycles. The van der Waals surface area contributed by atoms with E-state index in [0.717, 1.165) is 21.7 Å². The molecule has 33 heavy (non-hydrogen) atoms. The lowest BCUT2D eigenvalue weighted by Crippen LogP contribution is -2.13. The number of thiophene rings is 1. The molecule has 2 aromatic carbocycles. The molecule has 2 N–H and O–H groups in total. The number of benzene rings is 2. The summed E-state index contributed by atoms with van der Waals surface area (Å²) >= 11 is 3.97. The van der Waals surface area contributed by atoms with Crippen LogP contribution in [-0.4, -0.2) is 21.9 Å². The maximum Gasteiger partial charge on any atom is 0.235 e. The fourth-order valence-electron chi connectivity index (χ4n) is 3.14. The molecule has 0 fully saturated rings. The topological polar surface area (TPSA) is 90.7 Å². The van der Waals surface area contributed by atoms with Gasteiger partial charge in [-0.1, -0.05) is 53.4 Å². The third-order valence-corrected chi connectivity index (χ3v) is 7.69. The summed E-state index contributed by atoms with van der Waals surface area (Å²) in [6.45, 7) is 3.88. The number of thioether (sulfide) groups is 1. The molecule has 2 heterocycles. The number of amides is 1. The first kappa shape index (κ1) is 22.9. The highest BCUT2D eigenvalue weighted by atomic mass is 32.2. The van der Waals surface area contributed by atoms with Gasteiger partial charge in [0.15, 0.2) is 4.34 Å². The van der Waals surface area contributed by atoms with Gasteiger partial charge in [0.25, 0.3) is 0 Å². The predicted octanol–water partition coefficient (Wildman–Crippen LogP) is 6.37. The standard InChI is InChI=1S/C23H18FN5OS3/c1-13-5-3-4-6-18(13)26-22-28-29-23(33-22)31-12-19(30)27-21-17(11-25)20(14(2)32-21)15-7-9-16(24)10-8-15/h3-10H,12H2,1-2H3,(H,26,28)(H,27,30). The number of aromatic nitrogens is 2. The van der Waals surface area contributed by atoms with E-state index in [-0.39, 0.29) is 17.5 Å². The average Bonchev–Trinajstić information content (AvgIpc) is 3.37. The van der Waals surface area contributed by atoms with Gasteiger partial charge in [-0.15, -0.1) is 21.5 Å². The van der Waals surface area contributed by atoms with E-state index in [9.17, 15) is 14.4 Å². The van der Waals surface area contributed by atoms with E-state index in [1.54, 1.807) is 12.1 Å². The van der Waals surface area contributed by atoms with Gasteiger partial charge in [-0.2, -0.15) is 5.26 Å². The van der Waals surface area contributed by atoms with Crippen LogP contribution in [0.4, 0.5) is 20.2 Å². The smallest absolute Gasteiger partial charge is 0.235 e. The van der Waals surface area contributed by atoms with Gasteiger partial charge < -0.3 is 10.6 Å². The van der Waals surface area contributed by atoms with Crippen LogP contribution in [0.25, 0.3) is 11.1 Å². The van der Waals surface area contributed by atoms with Crippen LogP contribution < -0.4 is 10.6 Å². The summed E-state index contributed by atoms with van der Waals surface area (Å²) in [5.74, 6) is -0.455. The second kappa shape index (κ2) is 10.1. The summed E-state index contributed by atoms with van der Waals surface area (Å²) in [4.78, 5) is 13.4. The van der Waals surface area contributed by atoms with E-state index in [2.05, 4.69) is 26.9 Å². The Kier molecular flexibility index (Phi) is 7.03. The van der Waals surface area contributed by atoms with E-state index in [1.165, 1.54) is 46.6 Å². The van der Waals surface area contributed by atoms with Crippen molar-refractivity contribution >= 4 is 56.2 Å². The maximum absolute atomic E-state index is 13.3. The van der Waals surface area contributed by atoms with Crippen molar-refractivity contribution in [3.8, 4) is 17.2 Å². The van der Waals surface area contributed by atoms with Gasteiger partial charge in [0.1, 0.15) is 16.9 Å². The molecule has 0 spiro atoms. The Morgan fingerprint density at radius 3 is 2.61 bits per heavy atom. The van der Waals surface area contributed by atoms with Gasteiger partial charge in [-0.25, -0.2) is 4.39 Å². The van der Waals surface area contributed by atoms with Gasteiger partial charge >= 0.3 is 0 Å². The van der Waals surface area contributed by atoms with Crippen LogP contribution in [0.15, 0.2) is 52.9 Å². The number of anilines is 3. The molecule has 0 radical (unpaired) electrons. The van der Waals surface area contributed by atoms with Crippen molar-refractivity contribution in [2.75, 3.05) is 16.4 Å². The summed E-state index contributed by atoms with van der Waals surface area (Å²) in [5.41, 5.74) is 3.88. The van der Waals surface area contributed by atoms with Crippen molar-refractivity contribution in [1.82, 2.24) is 10.2 Å². The van der Waals surface area contributed by atoms with Crippen molar-refractivity contribution in [2.45, 2.75) is 18.2 Å². The Bertz CT molecular complexity index is 1340. The van der Waals surface area contributed by atoms with Gasteiger partial charge in [0.2, 0.25) is 11.0 Å². The summed E-state index contributed by atoms with van der Waals surface area (Å²) in [5, 5.41) is 25.2. The van der Waals surface area contributed by atoms with Crippen molar-refractivity contribution in [2.24, 2.45) is 0 Å². The van der Waals surface area contributed by atoms with Crippen LogP contribution in [0, 0.1) is 31.0 Å². The fourth-order valence-corrected chi connectivity index (χ4v) is 5.75. The summed E-state index contributed by atoms with van der Waals surface area (Å²) < 4.78 is 13.9. The minimum atomic E-state index is -0.343. The molecule has 10 heteroatoms. The van der Waals surface area contributed by atoms with E-state index < -0.39 is 0 Å². The lowest BCUT2D eigenvalue weighted by Gasteiger charge is -2.04. The van der Waals surface area contributed by atoms with Gasteiger partial charge in [0, 0.05) is 16.1 Å². The Balaban J connectivity index is 1.40. The monoisotopic (exact) mass is 495 g/mol. The second-order valence-corrected chi connectivity index (χ2v) is 10.4. The third kappa shape index (κ3) is 5.39. The molecule has 0 saturated carbocycles. The van der Waals surface area contributed by atoms with Gasteiger partial charge in [0.05, 0.1) is 11.3 Å². The first-order chi connectivity index (χ1) is 15.9. The molecule has 0 atom stereocenters. The zero-order valence-corrected chi connectivity index (χ0v) is 20.1. The van der Waals surface area contributed by atoms with Gasteiger partial charge in [-0.3, -0.25) is 4.79 Å². The Morgan fingerprint density at radius 2 is 1.88 bits per heavy atom. The quantitative estimate of drug-likeness (QED) is 0.290. The molecular formula is C23H18FN5OS3. The molecular weight excluding hydrogens is 477 g/mol. The molecule has 4 aromatic rings. The highest BCUT2D eigenvalue weighted by Gasteiger charge is 2.19. The number of nitrogens with one attached hydrogen (secondary N) is 2. The fraction of sp³-hybridized carbons (Fsp3) is 0.130. The molecule has 4 rings (SSSR count). The molecule has 0 aliphatic carbocycles. The number of hydrogen-bond donors (Lipinski definition) is 2. The minimum Gasteiger partial charge on any atom is -0.330 e. The van der Waals surface area contributed by atoms with E-state index in [4.69, 9.17) is 0 Å². The predicted molar refractivity (Wildman–Crippen MR) is 133 cm³/mol. The normalized spacial score (nSPS) is 10.6. The second-order valence-electron chi connectivity index (χ2n) is 7.01. The van der Waals surface area contributed by atoms with Crippen LogP contribution >= 0.6 is 34.4 Å². The highest BCUT2D eigenvalue weighted by Crippen LogP contribution is 2.39. The Hall–Kier alpha value is -3.26. The molecule has 1 amide bonds. The molecule has 0 bridgehead atoms. The zero-order chi connectivity index (χ0) is 23.4. The lowest BCUT2D eigenvalue weighted by molar-refractivity contribution is -0.113. The number of para-hydroxylation sites is 1. The number of nitriles is 1. The zero-order valence-electron chi connectivity index (χ0n) is 17.7. The van der Waals surface area contributed by atoms with Gasteiger partial charge in [-0.05, 0) is 43.2 Å². The van der Waals surface area contributed by atoms with E-state index in [1.807, 2.05) is 38.1 Å². The first-order valence-electron chi connectivity index (χ1n) is 9.83. The number of hydrogen-bond acceptors (Lipinski definition) is 8. The van der Waals surface area contributed by atoms with Crippen LogP contribution in [0.3, 0.4) is 0 Å². The van der Waals surface area contributed by atoms with Crippen molar-refractivity contribution in [3.63, 3.8) is 0 Å². The number of carbonyl (C=O) groups is 1. The number of carbonyl (C=O) groups excluding carboxylic acids is 1. The van der Waals surface area contributed by atoms with Crippen LogP contribution in [0.5, 0.6) is 0 Å². The lowest BCUT2D eigenvalue weighted by atomic mass is 10.0. The largest absolute Gasteiger partial charge is 0.330 e. The summed E-state index contributed by atoms with van der Waals surface area (Å²) in [6, 6.07) is 16.0.